The van der Waals surface area contributed by atoms with Crippen LogP contribution in [-0.4, -0.2) is 26.1 Å². The van der Waals surface area contributed by atoms with Crippen LogP contribution in [0, 0.1) is 5.82 Å². The average Bonchev–Trinajstić information content (AvgIpc) is 2.87. The Morgan fingerprint density at radius 1 is 1.13 bits per heavy atom. The maximum absolute atomic E-state index is 13.5. The third-order valence-corrected chi connectivity index (χ3v) is 6.93. The first kappa shape index (κ1) is 16.2. The second-order valence-electron chi connectivity index (χ2n) is 5.02. The number of rotatable bonds is 3. The lowest BCUT2D eigenvalue weighted by molar-refractivity contribution is 0.571. The van der Waals surface area contributed by atoms with E-state index in [9.17, 15) is 21.2 Å². The molecule has 0 amide bonds. The van der Waals surface area contributed by atoms with E-state index in [1.165, 1.54) is 12.1 Å². The highest BCUT2D eigenvalue weighted by molar-refractivity contribution is 8.14. The quantitative estimate of drug-likeness (QED) is 0.773. The van der Waals surface area contributed by atoms with Crippen LogP contribution in [0.5, 0.6) is 0 Å². The molecule has 1 atom stereocenters. The van der Waals surface area contributed by atoms with Gasteiger partial charge in [-0.25, -0.2) is 25.2 Å². The lowest BCUT2D eigenvalue weighted by atomic mass is 10.2. The molecule has 3 rings (SSSR count). The summed E-state index contributed by atoms with van der Waals surface area (Å²) in [6, 6.07) is 4.52. The summed E-state index contributed by atoms with van der Waals surface area (Å²) in [6.07, 6.45) is 6.55. The molecule has 0 N–H and O–H groups in total. The normalized spacial score (nSPS) is 18.6. The van der Waals surface area contributed by atoms with Gasteiger partial charge in [0, 0.05) is 16.1 Å². The number of nitrogens with zero attached hydrogens (tertiary/aromatic N) is 1. The molecule has 122 valence electrons. The Hall–Kier alpha value is -1.64. The van der Waals surface area contributed by atoms with Gasteiger partial charge in [0.1, 0.15) is 11.1 Å². The maximum Gasteiger partial charge on any atom is 0.277 e. The first-order valence-corrected chi connectivity index (χ1v) is 10.4. The van der Waals surface area contributed by atoms with E-state index in [1.807, 2.05) is 0 Å². The molecule has 23 heavy (non-hydrogen) atoms. The van der Waals surface area contributed by atoms with Crippen molar-refractivity contribution in [3.63, 3.8) is 0 Å². The summed E-state index contributed by atoms with van der Waals surface area (Å²) in [5.74, 6) is -0.676. The minimum Gasteiger partial charge on any atom is -0.225 e. The fraction of sp³-hybridized carbons (Fsp3) is 0.143. The minimum absolute atomic E-state index is 0.0628. The molecular weight excluding hydrogens is 365 g/mol. The van der Waals surface area contributed by atoms with Crippen LogP contribution in [0.2, 0.25) is 0 Å². The molecule has 9 heteroatoms. The Morgan fingerprint density at radius 2 is 1.87 bits per heavy atom. The fourth-order valence-electron chi connectivity index (χ4n) is 2.47. The van der Waals surface area contributed by atoms with Gasteiger partial charge in [-0.2, -0.15) is 0 Å². The number of benzene rings is 1. The monoisotopic (exact) mass is 375 g/mol. The van der Waals surface area contributed by atoms with Gasteiger partial charge < -0.3 is 0 Å². The van der Waals surface area contributed by atoms with Crippen LogP contribution in [0.1, 0.15) is 6.42 Å². The molecule has 1 aromatic heterocycles. The number of hydrogen-bond donors (Lipinski definition) is 0. The molecule has 0 bridgehead atoms. The third-order valence-electron chi connectivity index (χ3n) is 3.52. The zero-order chi connectivity index (χ0) is 16.8. The van der Waals surface area contributed by atoms with E-state index >= 15 is 0 Å². The first-order valence-electron chi connectivity index (χ1n) is 6.54. The molecule has 0 saturated heterocycles. The highest BCUT2D eigenvalue weighted by Gasteiger charge is 2.32. The lowest BCUT2D eigenvalue weighted by Crippen LogP contribution is -2.28. The summed E-state index contributed by atoms with van der Waals surface area (Å²) in [5, 5.41) is -1.28. The topological polar surface area (TPSA) is 73.2 Å². The van der Waals surface area contributed by atoms with E-state index in [0.29, 0.717) is 3.97 Å². The zero-order valence-corrected chi connectivity index (χ0v) is 13.9. The number of aromatic nitrogens is 1. The Bertz CT molecular complexity index is 1050. The van der Waals surface area contributed by atoms with Crippen LogP contribution in [0.15, 0.2) is 53.6 Å². The van der Waals surface area contributed by atoms with Crippen LogP contribution in [-0.2, 0) is 19.1 Å². The van der Waals surface area contributed by atoms with Crippen molar-refractivity contribution in [1.29, 1.82) is 0 Å². The van der Waals surface area contributed by atoms with Crippen molar-refractivity contribution in [3.8, 4) is 0 Å². The summed E-state index contributed by atoms with van der Waals surface area (Å²) in [7, 11) is -3.08. The van der Waals surface area contributed by atoms with Crippen molar-refractivity contribution >= 4 is 40.7 Å². The van der Waals surface area contributed by atoms with Gasteiger partial charge in [-0.05, 0) is 30.7 Å². The van der Waals surface area contributed by atoms with E-state index in [0.717, 1.165) is 18.2 Å². The number of allylic oxidation sites excluding steroid dienone is 3. The maximum atomic E-state index is 13.5. The largest absolute Gasteiger partial charge is 0.277 e. The van der Waals surface area contributed by atoms with Gasteiger partial charge in [0.2, 0.25) is 10.0 Å². The van der Waals surface area contributed by atoms with E-state index in [4.69, 9.17) is 10.7 Å². The zero-order valence-electron chi connectivity index (χ0n) is 11.6. The van der Waals surface area contributed by atoms with Crippen LogP contribution >= 0.6 is 10.7 Å². The van der Waals surface area contributed by atoms with Gasteiger partial charge in [-0.15, -0.1) is 0 Å². The summed E-state index contributed by atoms with van der Waals surface area (Å²) >= 11 is 0. The van der Waals surface area contributed by atoms with Crippen LogP contribution < -0.4 is 0 Å². The Labute approximate surface area is 137 Å². The molecule has 1 unspecified atom stereocenters. The molecule has 2 aromatic rings. The predicted octanol–water partition coefficient (Wildman–Crippen LogP) is 2.77. The Morgan fingerprint density at radius 3 is 2.48 bits per heavy atom. The number of hydrogen-bond acceptors (Lipinski definition) is 4. The third kappa shape index (κ3) is 2.82. The molecule has 0 spiro atoms. The molecule has 0 fully saturated rings. The van der Waals surface area contributed by atoms with Crippen molar-refractivity contribution in [3.05, 3.63) is 54.4 Å². The molecule has 5 nitrogen and oxygen atoms in total. The second-order valence-corrected chi connectivity index (χ2v) is 9.53. The smallest absolute Gasteiger partial charge is 0.225 e. The van der Waals surface area contributed by atoms with E-state index < -0.39 is 35.2 Å². The summed E-state index contributed by atoms with van der Waals surface area (Å²) < 4.78 is 63.5. The fourth-order valence-corrected chi connectivity index (χ4v) is 5.76. The predicted molar refractivity (Wildman–Crippen MR) is 85.9 cm³/mol. The van der Waals surface area contributed by atoms with Gasteiger partial charge in [-0.3, -0.25) is 0 Å². The molecule has 0 radical (unpaired) electrons. The van der Waals surface area contributed by atoms with E-state index in [1.54, 1.807) is 18.2 Å². The highest BCUT2D eigenvalue weighted by atomic mass is 35.7. The minimum atomic E-state index is -4.34. The Balaban J connectivity index is 2.37. The second kappa shape index (κ2) is 5.47. The van der Waals surface area contributed by atoms with Gasteiger partial charge in [0.05, 0.1) is 5.52 Å². The average molecular weight is 376 g/mol. The molecule has 1 heterocycles. The number of halogens is 2. The molecule has 0 saturated carbocycles. The SMILES string of the molecule is O=S(=O)(Cl)c1cc2ccc(F)cc2n1S(=O)(=O)C1C=CC=CC1. The summed E-state index contributed by atoms with van der Waals surface area (Å²) in [4.78, 5) is 0. The van der Waals surface area contributed by atoms with Crippen molar-refractivity contribution in [1.82, 2.24) is 3.97 Å². The Kier molecular flexibility index (Phi) is 3.86. The number of fused-ring (bicyclic) bond motifs is 1. The van der Waals surface area contributed by atoms with Crippen molar-refractivity contribution in [2.75, 3.05) is 0 Å². The van der Waals surface area contributed by atoms with Crippen LogP contribution in [0.3, 0.4) is 0 Å². The molecule has 0 aliphatic heterocycles. The molecule has 1 aliphatic rings. The van der Waals surface area contributed by atoms with Crippen LogP contribution in [0.4, 0.5) is 4.39 Å². The molecular formula is C14H11ClFNO4S2. The van der Waals surface area contributed by atoms with Crippen molar-refractivity contribution in [2.24, 2.45) is 0 Å². The molecule has 1 aliphatic carbocycles. The van der Waals surface area contributed by atoms with Crippen LogP contribution in [0.25, 0.3) is 10.9 Å². The van der Waals surface area contributed by atoms with Gasteiger partial charge in [0.25, 0.3) is 9.05 Å². The van der Waals surface area contributed by atoms with Gasteiger partial charge >= 0.3 is 0 Å². The first-order chi connectivity index (χ1) is 10.7. The van der Waals surface area contributed by atoms with E-state index in [-0.39, 0.29) is 17.3 Å². The summed E-state index contributed by atoms with van der Waals surface area (Å²) in [5.41, 5.74) is -0.0628. The standard InChI is InChI=1S/C14H11ClFNO4S2/c15-22(18,19)14-8-10-6-7-11(16)9-13(10)17(14)23(20,21)12-4-2-1-3-5-12/h1-4,6-9,12H,5H2. The molecule has 1 aromatic carbocycles. The summed E-state index contributed by atoms with van der Waals surface area (Å²) in [6.45, 7) is 0. The van der Waals surface area contributed by atoms with Crippen molar-refractivity contribution in [2.45, 2.75) is 16.7 Å². The van der Waals surface area contributed by atoms with Gasteiger partial charge in [0.15, 0.2) is 5.03 Å². The van der Waals surface area contributed by atoms with Crippen molar-refractivity contribution < 1.29 is 21.2 Å². The lowest BCUT2D eigenvalue weighted by Gasteiger charge is -2.17. The van der Waals surface area contributed by atoms with Gasteiger partial charge in [-0.1, -0.05) is 24.3 Å². The highest BCUT2D eigenvalue weighted by Crippen LogP contribution is 2.30. The van der Waals surface area contributed by atoms with E-state index in [2.05, 4.69) is 0 Å².